The number of H-pyrrole nitrogens is 1. The highest BCUT2D eigenvalue weighted by atomic mass is 16.5. The molecule has 1 aliphatic carbocycles. The number of rotatable bonds is 5. The predicted molar refractivity (Wildman–Crippen MR) is 119 cm³/mol. The van der Waals surface area contributed by atoms with E-state index >= 15 is 0 Å². The molecule has 0 bridgehead atoms. The van der Waals surface area contributed by atoms with Crippen LogP contribution in [0, 0.1) is 13.8 Å². The molecule has 6 nitrogen and oxygen atoms in total. The van der Waals surface area contributed by atoms with E-state index < -0.39 is 0 Å². The average molecular weight is 412 g/mol. The lowest BCUT2D eigenvalue weighted by Crippen LogP contribution is -2.48. The maximum atomic E-state index is 13.1. The smallest absolute Gasteiger partial charge is 0.318 e. The molecule has 1 saturated carbocycles. The van der Waals surface area contributed by atoms with Crippen LogP contribution in [0.1, 0.15) is 61.6 Å². The van der Waals surface area contributed by atoms with E-state index in [4.69, 9.17) is 4.74 Å². The van der Waals surface area contributed by atoms with Gasteiger partial charge in [-0.3, -0.25) is 4.79 Å². The third-order valence-electron chi connectivity index (χ3n) is 6.40. The summed E-state index contributed by atoms with van der Waals surface area (Å²) in [4.78, 5) is 30.7. The quantitative estimate of drug-likeness (QED) is 0.775. The lowest BCUT2D eigenvalue weighted by Gasteiger charge is -2.29. The molecule has 2 heterocycles. The molecule has 6 heteroatoms. The minimum atomic E-state index is -0.128. The number of hydrogen-bond acceptors (Lipinski definition) is 3. The highest BCUT2D eigenvalue weighted by molar-refractivity contribution is 5.83. The van der Waals surface area contributed by atoms with E-state index in [1.807, 2.05) is 13.0 Å². The van der Waals surface area contributed by atoms with Crippen LogP contribution >= 0.6 is 0 Å². The number of carbonyl (C=O) groups excluding carboxylic acids is 1. The Hall–Kier alpha value is -2.34. The monoisotopic (exact) mass is 411 g/mol. The van der Waals surface area contributed by atoms with Crippen molar-refractivity contribution in [1.82, 2.24) is 15.2 Å². The van der Waals surface area contributed by atoms with Gasteiger partial charge >= 0.3 is 6.03 Å². The molecule has 1 saturated heterocycles. The number of aromatic amines is 1. The summed E-state index contributed by atoms with van der Waals surface area (Å²) in [6.45, 7) is 5.61. The first kappa shape index (κ1) is 20.9. The average Bonchev–Trinajstić information content (AvgIpc) is 3.22. The van der Waals surface area contributed by atoms with E-state index in [9.17, 15) is 9.59 Å². The molecule has 0 spiro atoms. The minimum absolute atomic E-state index is 0.0473. The highest BCUT2D eigenvalue weighted by Crippen LogP contribution is 2.21. The van der Waals surface area contributed by atoms with E-state index in [0.717, 1.165) is 54.3 Å². The van der Waals surface area contributed by atoms with Crippen molar-refractivity contribution in [2.45, 2.75) is 77.5 Å². The van der Waals surface area contributed by atoms with Crippen LogP contribution in [0.15, 0.2) is 23.0 Å². The van der Waals surface area contributed by atoms with Crippen LogP contribution in [0.3, 0.4) is 0 Å². The van der Waals surface area contributed by atoms with Gasteiger partial charge in [0.25, 0.3) is 5.56 Å². The number of carbonyl (C=O) groups is 1. The number of hydrogen-bond donors (Lipinski definition) is 2. The number of nitrogens with one attached hydrogen (secondary N) is 2. The summed E-state index contributed by atoms with van der Waals surface area (Å²) in [7, 11) is 0. The first-order valence-electron chi connectivity index (χ1n) is 11.3. The molecular weight excluding hydrogens is 378 g/mol. The zero-order valence-corrected chi connectivity index (χ0v) is 18.1. The molecule has 1 aliphatic heterocycles. The van der Waals surface area contributed by atoms with Crippen molar-refractivity contribution in [3.63, 3.8) is 0 Å². The topological polar surface area (TPSA) is 74.4 Å². The second-order valence-electron chi connectivity index (χ2n) is 8.97. The molecule has 2 N–H and O–H groups in total. The first-order chi connectivity index (χ1) is 14.5. The number of benzene rings is 1. The Morgan fingerprint density at radius 1 is 1.13 bits per heavy atom. The van der Waals surface area contributed by atoms with E-state index in [-0.39, 0.29) is 30.3 Å². The molecular formula is C24H33N3O3. The lowest BCUT2D eigenvalue weighted by atomic mass is 9.96. The van der Waals surface area contributed by atoms with Crippen LogP contribution in [0.2, 0.25) is 0 Å². The molecule has 1 aromatic heterocycles. The largest absolute Gasteiger partial charge is 0.376 e. The van der Waals surface area contributed by atoms with Gasteiger partial charge in [-0.05, 0) is 62.6 Å². The zero-order valence-electron chi connectivity index (χ0n) is 18.1. The van der Waals surface area contributed by atoms with Crippen molar-refractivity contribution in [2.24, 2.45) is 0 Å². The first-order valence-corrected chi connectivity index (χ1v) is 11.3. The standard InChI is InChI=1S/C24H33N3O3/c1-16-11-17(2)22-18(12-16)13-19(23(28)26-22)14-27(15-21-9-6-10-30-21)24(29)25-20-7-4-3-5-8-20/h11-13,20-21H,3-10,14-15H2,1-2H3,(H,25,29)(H,26,28)/t21-/m0/s1. The minimum Gasteiger partial charge on any atom is -0.376 e. The van der Waals surface area contributed by atoms with Crippen molar-refractivity contribution >= 4 is 16.9 Å². The number of amides is 2. The van der Waals surface area contributed by atoms with Crippen LogP contribution in [0.4, 0.5) is 4.79 Å². The normalized spacial score (nSPS) is 19.9. The van der Waals surface area contributed by atoms with Gasteiger partial charge in [-0.15, -0.1) is 0 Å². The van der Waals surface area contributed by atoms with E-state index in [0.29, 0.717) is 12.1 Å². The molecule has 2 aromatic rings. The van der Waals surface area contributed by atoms with Gasteiger partial charge in [-0.2, -0.15) is 0 Å². The maximum Gasteiger partial charge on any atom is 0.318 e. The van der Waals surface area contributed by atoms with Crippen LogP contribution in [-0.2, 0) is 11.3 Å². The van der Waals surface area contributed by atoms with Crippen molar-refractivity contribution < 1.29 is 9.53 Å². The highest BCUT2D eigenvalue weighted by Gasteiger charge is 2.25. The van der Waals surface area contributed by atoms with Crippen LogP contribution < -0.4 is 10.9 Å². The molecule has 0 radical (unpaired) electrons. The van der Waals surface area contributed by atoms with Gasteiger partial charge in [-0.25, -0.2) is 4.79 Å². The summed E-state index contributed by atoms with van der Waals surface area (Å²) >= 11 is 0. The molecule has 1 atom stereocenters. The molecule has 0 unspecified atom stereocenters. The Bertz CT molecular complexity index is 956. The number of fused-ring (bicyclic) bond motifs is 1. The summed E-state index contributed by atoms with van der Waals surface area (Å²) in [5.74, 6) is 0. The number of ether oxygens (including phenoxy) is 1. The molecule has 162 valence electrons. The Balaban J connectivity index is 1.57. The Morgan fingerprint density at radius 2 is 1.93 bits per heavy atom. The zero-order chi connectivity index (χ0) is 21.1. The van der Waals surface area contributed by atoms with Crippen molar-refractivity contribution in [2.75, 3.05) is 13.2 Å². The maximum absolute atomic E-state index is 13.1. The van der Waals surface area contributed by atoms with Crippen LogP contribution in [0.25, 0.3) is 10.9 Å². The summed E-state index contributed by atoms with van der Waals surface area (Å²) < 4.78 is 5.79. The summed E-state index contributed by atoms with van der Waals surface area (Å²) in [5, 5.41) is 4.21. The van der Waals surface area contributed by atoms with Crippen molar-refractivity contribution in [3.05, 3.63) is 45.2 Å². The van der Waals surface area contributed by atoms with Gasteiger partial charge < -0.3 is 19.9 Å². The second kappa shape index (κ2) is 9.21. The third kappa shape index (κ3) is 4.86. The van der Waals surface area contributed by atoms with E-state index in [1.165, 1.54) is 19.3 Å². The molecule has 2 aliphatic rings. The number of aryl methyl sites for hydroxylation is 2. The van der Waals surface area contributed by atoms with E-state index in [1.54, 1.807) is 4.90 Å². The molecule has 4 rings (SSSR count). The van der Waals surface area contributed by atoms with Gasteiger partial charge in [-0.1, -0.05) is 30.9 Å². The Labute approximate surface area is 178 Å². The van der Waals surface area contributed by atoms with Crippen LogP contribution in [-0.4, -0.2) is 41.2 Å². The third-order valence-corrected chi connectivity index (χ3v) is 6.40. The molecule has 2 amide bonds. The number of nitrogens with zero attached hydrogens (tertiary/aromatic N) is 1. The lowest BCUT2D eigenvalue weighted by molar-refractivity contribution is 0.0784. The predicted octanol–water partition coefficient (Wildman–Crippen LogP) is 4.17. The second-order valence-corrected chi connectivity index (χ2v) is 8.97. The van der Waals surface area contributed by atoms with Gasteiger partial charge in [0.15, 0.2) is 0 Å². The van der Waals surface area contributed by atoms with Crippen molar-refractivity contribution in [1.29, 1.82) is 0 Å². The fraction of sp³-hybridized carbons (Fsp3) is 0.583. The number of urea groups is 1. The Kier molecular flexibility index (Phi) is 6.42. The SMILES string of the molecule is Cc1cc(C)c2[nH]c(=O)c(CN(C[C@@H]3CCCO3)C(=O)NC3CCCCC3)cc2c1. The van der Waals surface area contributed by atoms with Gasteiger partial charge in [0.05, 0.1) is 18.2 Å². The van der Waals surface area contributed by atoms with Gasteiger partial charge in [0.2, 0.25) is 0 Å². The molecule has 1 aromatic carbocycles. The summed E-state index contributed by atoms with van der Waals surface area (Å²) in [5.41, 5.74) is 3.57. The number of pyridine rings is 1. The fourth-order valence-electron chi connectivity index (χ4n) is 4.82. The fourth-order valence-corrected chi connectivity index (χ4v) is 4.82. The summed E-state index contributed by atoms with van der Waals surface area (Å²) in [6.07, 6.45) is 7.68. The van der Waals surface area contributed by atoms with Gasteiger partial charge in [0, 0.05) is 24.8 Å². The van der Waals surface area contributed by atoms with E-state index in [2.05, 4.69) is 29.4 Å². The van der Waals surface area contributed by atoms with Crippen molar-refractivity contribution in [3.8, 4) is 0 Å². The summed E-state index contributed by atoms with van der Waals surface area (Å²) in [6, 6.07) is 6.23. The molecule has 2 fully saturated rings. The van der Waals surface area contributed by atoms with Gasteiger partial charge in [0.1, 0.15) is 0 Å². The van der Waals surface area contributed by atoms with Crippen LogP contribution in [0.5, 0.6) is 0 Å². The molecule has 30 heavy (non-hydrogen) atoms. The Morgan fingerprint density at radius 3 is 2.67 bits per heavy atom. The number of aromatic nitrogens is 1.